The maximum Gasteiger partial charge on any atom is 0.223 e. The van der Waals surface area contributed by atoms with Crippen molar-refractivity contribution in [1.29, 1.82) is 0 Å². The Morgan fingerprint density at radius 3 is 2.07 bits per heavy atom. The average Bonchev–Trinajstić information content (AvgIpc) is 2.72. The first-order chi connectivity index (χ1) is 13.4. The van der Waals surface area contributed by atoms with Crippen molar-refractivity contribution in [1.82, 2.24) is 9.80 Å². The third-order valence-electron chi connectivity index (χ3n) is 5.52. The van der Waals surface area contributed by atoms with Gasteiger partial charge in [-0.1, -0.05) is 12.1 Å². The van der Waals surface area contributed by atoms with Gasteiger partial charge in [-0.3, -0.25) is 9.69 Å². The molecule has 1 fully saturated rings. The van der Waals surface area contributed by atoms with Gasteiger partial charge in [0.05, 0.1) is 0 Å². The molecule has 0 bridgehead atoms. The van der Waals surface area contributed by atoms with Crippen LogP contribution in [0, 0.1) is 11.6 Å². The highest BCUT2D eigenvalue weighted by atomic mass is 19.1. The predicted molar refractivity (Wildman–Crippen MR) is 107 cm³/mol. The van der Waals surface area contributed by atoms with Gasteiger partial charge in [-0.05, 0) is 55.9 Å². The molecule has 1 amide bonds. The maximum atomic E-state index is 13.1. The summed E-state index contributed by atoms with van der Waals surface area (Å²) < 4.78 is 26.1. The number of nitrogens with zero attached hydrogens (tertiary/aromatic N) is 3. The minimum Gasteiger partial charge on any atom is -0.368 e. The highest BCUT2D eigenvalue weighted by molar-refractivity contribution is 5.76. The van der Waals surface area contributed by atoms with Crippen LogP contribution in [0.15, 0.2) is 48.5 Å². The Kier molecular flexibility index (Phi) is 6.62. The van der Waals surface area contributed by atoms with E-state index in [1.165, 1.54) is 24.3 Å². The Balaban J connectivity index is 1.45. The largest absolute Gasteiger partial charge is 0.368 e. The second-order valence-corrected chi connectivity index (χ2v) is 7.30. The molecule has 1 unspecified atom stereocenters. The number of amides is 1. The molecule has 0 aliphatic carbocycles. The summed E-state index contributed by atoms with van der Waals surface area (Å²) in [5.74, 6) is -0.331. The fourth-order valence-electron chi connectivity index (χ4n) is 3.49. The van der Waals surface area contributed by atoms with Crippen molar-refractivity contribution in [3.8, 4) is 0 Å². The van der Waals surface area contributed by atoms with Gasteiger partial charge < -0.3 is 9.80 Å². The summed E-state index contributed by atoms with van der Waals surface area (Å²) in [6.45, 7) is 5.55. The molecule has 28 heavy (non-hydrogen) atoms. The molecule has 0 saturated carbocycles. The minimum absolute atomic E-state index is 0.115. The second-order valence-electron chi connectivity index (χ2n) is 7.30. The number of benzene rings is 2. The second kappa shape index (κ2) is 9.15. The van der Waals surface area contributed by atoms with Crippen molar-refractivity contribution in [2.45, 2.75) is 19.4 Å². The Bertz CT molecular complexity index is 771. The van der Waals surface area contributed by atoms with Gasteiger partial charge in [0.2, 0.25) is 5.91 Å². The number of piperazine rings is 1. The van der Waals surface area contributed by atoms with Gasteiger partial charge >= 0.3 is 0 Å². The third-order valence-corrected chi connectivity index (χ3v) is 5.52. The standard InChI is InChI=1S/C22H27F2N3O/c1-17(18-3-5-19(23)6-4-18)25(2)12-11-22(28)27-15-13-26(14-16-27)21-9-7-20(24)8-10-21/h3-10,17H,11-16H2,1-2H3. The zero-order valence-electron chi connectivity index (χ0n) is 16.4. The smallest absolute Gasteiger partial charge is 0.223 e. The van der Waals surface area contributed by atoms with Crippen LogP contribution in [0.5, 0.6) is 0 Å². The lowest BCUT2D eigenvalue weighted by Crippen LogP contribution is -2.49. The van der Waals surface area contributed by atoms with E-state index in [1.807, 2.05) is 11.9 Å². The summed E-state index contributed by atoms with van der Waals surface area (Å²) in [7, 11) is 1.98. The lowest BCUT2D eigenvalue weighted by atomic mass is 10.1. The van der Waals surface area contributed by atoms with Crippen molar-refractivity contribution < 1.29 is 13.6 Å². The molecule has 1 saturated heterocycles. The van der Waals surface area contributed by atoms with Gasteiger partial charge in [-0.25, -0.2) is 8.78 Å². The van der Waals surface area contributed by atoms with Crippen LogP contribution in [0.1, 0.15) is 24.9 Å². The van der Waals surface area contributed by atoms with Crippen molar-refractivity contribution in [3.05, 3.63) is 65.7 Å². The average molecular weight is 387 g/mol. The van der Waals surface area contributed by atoms with Crippen LogP contribution in [0.25, 0.3) is 0 Å². The van der Waals surface area contributed by atoms with Crippen LogP contribution in [-0.4, -0.2) is 55.5 Å². The van der Waals surface area contributed by atoms with Crippen LogP contribution in [0.3, 0.4) is 0 Å². The van der Waals surface area contributed by atoms with Crippen LogP contribution < -0.4 is 4.90 Å². The lowest BCUT2D eigenvalue weighted by molar-refractivity contribution is -0.131. The molecule has 2 aromatic carbocycles. The van der Waals surface area contributed by atoms with Crippen molar-refractivity contribution in [3.63, 3.8) is 0 Å². The molecular formula is C22H27F2N3O. The summed E-state index contributed by atoms with van der Waals surface area (Å²) in [5.41, 5.74) is 2.02. The monoisotopic (exact) mass is 387 g/mol. The summed E-state index contributed by atoms with van der Waals surface area (Å²) in [6.07, 6.45) is 0.457. The van der Waals surface area contributed by atoms with Crippen molar-refractivity contribution >= 4 is 11.6 Å². The number of carbonyl (C=O) groups excluding carboxylic acids is 1. The number of hydrogen-bond acceptors (Lipinski definition) is 3. The van der Waals surface area contributed by atoms with Crippen LogP contribution in [0.2, 0.25) is 0 Å². The van der Waals surface area contributed by atoms with Gasteiger partial charge in [0.1, 0.15) is 11.6 Å². The highest BCUT2D eigenvalue weighted by Crippen LogP contribution is 2.20. The fourth-order valence-corrected chi connectivity index (χ4v) is 3.49. The molecule has 6 heteroatoms. The predicted octanol–water partition coefficient (Wildman–Crippen LogP) is 3.70. The summed E-state index contributed by atoms with van der Waals surface area (Å²) in [6, 6.07) is 13.1. The maximum absolute atomic E-state index is 13.1. The van der Waals surface area contributed by atoms with Gasteiger partial charge in [0.25, 0.3) is 0 Å². The molecule has 1 aliphatic rings. The van der Waals surface area contributed by atoms with Crippen LogP contribution >= 0.6 is 0 Å². The summed E-state index contributed by atoms with van der Waals surface area (Å²) >= 11 is 0. The molecule has 1 atom stereocenters. The molecule has 1 aliphatic heterocycles. The van der Waals surface area contributed by atoms with E-state index in [2.05, 4.69) is 16.7 Å². The molecule has 3 rings (SSSR count). The van der Waals surface area contributed by atoms with Crippen molar-refractivity contribution in [2.24, 2.45) is 0 Å². The van der Waals surface area contributed by atoms with E-state index in [9.17, 15) is 13.6 Å². The molecule has 0 radical (unpaired) electrons. The van der Waals surface area contributed by atoms with Gasteiger partial charge in [-0.15, -0.1) is 0 Å². The topological polar surface area (TPSA) is 26.8 Å². The first-order valence-corrected chi connectivity index (χ1v) is 9.68. The minimum atomic E-state index is -0.242. The molecule has 0 aromatic heterocycles. The molecular weight excluding hydrogens is 360 g/mol. The van der Waals surface area contributed by atoms with E-state index in [0.717, 1.165) is 24.3 Å². The molecule has 150 valence electrons. The van der Waals surface area contributed by atoms with Gasteiger partial charge in [0.15, 0.2) is 0 Å². The van der Waals surface area contributed by atoms with E-state index in [-0.39, 0.29) is 23.6 Å². The van der Waals surface area contributed by atoms with E-state index >= 15 is 0 Å². The lowest BCUT2D eigenvalue weighted by Gasteiger charge is -2.36. The quantitative estimate of drug-likeness (QED) is 0.756. The first kappa shape index (κ1) is 20.3. The Labute approximate surface area is 165 Å². The fraction of sp³-hybridized carbons (Fsp3) is 0.409. The number of rotatable bonds is 6. The van der Waals surface area contributed by atoms with Crippen LogP contribution in [-0.2, 0) is 4.79 Å². The highest BCUT2D eigenvalue weighted by Gasteiger charge is 2.22. The van der Waals surface area contributed by atoms with E-state index in [4.69, 9.17) is 0 Å². The molecule has 0 spiro atoms. The van der Waals surface area contributed by atoms with Gasteiger partial charge in [0, 0.05) is 50.9 Å². The molecule has 4 nitrogen and oxygen atoms in total. The van der Waals surface area contributed by atoms with E-state index < -0.39 is 0 Å². The molecule has 2 aromatic rings. The number of hydrogen-bond donors (Lipinski definition) is 0. The summed E-state index contributed by atoms with van der Waals surface area (Å²) in [5, 5.41) is 0. The van der Waals surface area contributed by atoms with Crippen LogP contribution in [0.4, 0.5) is 14.5 Å². The zero-order chi connectivity index (χ0) is 20.1. The Morgan fingerprint density at radius 1 is 0.964 bits per heavy atom. The molecule has 0 N–H and O–H groups in total. The van der Waals surface area contributed by atoms with E-state index in [0.29, 0.717) is 26.1 Å². The summed E-state index contributed by atoms with van der Waals surface area (Å²) in [4.78, 5) is 18.8. The number of carbonyl (C=O) groups is 1. The number of anilines is 1. The molecule has 1 heterocycles. The van der Waals surface area contributed by atoms with E-state index in [1.54, 1.807) is 24.3 Å². The van der Waals surface area contributed by atoms with Crippen molar-refractivity contribution in [2.75, 3.05) is 44.7 Å². The Hall–Kier alpha value is -2.47. The number of halogens is 2. The zero-order valence-corrected chi connectivity index (χ0v) is 16.4. The van der Waals surface area contributed by atoms with Gasteiger partial charge in [-0.2, -0.15) is 0 Å². The Morgan fingerprint density at radius 2 is 1.50 bits per heavy atom. The normalized spacial score (nSPS) is 15.8. The SMILES string of the molecule is CC(c1ccc(F)cc1)N(C)CCC(=O)N1CCN(c2ccc(F)cc2)CC1. The third kappa shape index (κ3) is 5.07. The first-order valence-electron chi connectivity index (χ1n) is 9.68.